The van der Waals surface area contributed by atoms with E-state index in [-0.39, 0.29) is 34.5 Å². The SMILES string of the molecule is O=C(CCl)Cc1cc(SC(F)(F)F)ccc1F. The highest BCUT2D eigenvalue weighted by Gasteiger charge is 2.29. The Bertz CT molecular complexity index is 419. The molecule has 1 rings (SSSR count). The van der Waals surface area contributed by atoms with Crippen molar-refractivity contribution in [2.45, 2.75) is 16.8 Å². The zero-order valence-electron chi connectivity index (χ0n) is 8.35. The zero-order chi connectivity index (χ0) is 13.1. The van der Waals surface area contributed by atoms with Crippen molar-refractivity contribution in [2.75, 3.05) is 5.88 Å². The third-order valence-corrected chi connectivity index (χ3v) is 2.81. The number of halogens is 5. The van der Waals surface area contributed by atoms with Crippen LogP contribution in [0.15, 0.2) is 23.1 Å². The maximum absolute atomic E-state index is 13.2. The summed E-state index contributed by atoms with van der Waals surface area (Å²) in [7, 11) is 0. The Morgan fingerprint density at radius 3 is 2.53 bits per heavy atom. The topological polar surface area (TPSA) is 17.1 Å². The molecular formula is C10H7ClF4OS. The Morgan fingerprint density at radius 2 is 2.00 bits per heavy atom. The van der Waals surface area contributed by atoms with Gasteiger partial charge in [0.2, 0.25) is 0 Å². The Morgan fingerprint density at radius 1 is 1.35 bits per heavy atom. The van der Waals surface area contributed by atoms with Gasteiger partial charge in [-0.3, -0.25) is 4.79 Å². The van der Waals surface area contributed by atoms with E-state index in [1.165, 1.54) is 0 Å². The lowest BCUT2D eigenvalue weighted by Crippen LogP contribution is -2.06. The first-order valence-electron chi connectivity index (χ1n) is 4.43. The Hall–Kier alpha value is -0.750. The van der Waals surface area contributed by atoms with Gasteiger partial charge in [0.25, 0.3) is 0 Å². The monoisotopic (exact) mass is 286 g/mol. The van der Waals surface area contributed by atoms with Gasteiger partial charge in [0.05, 0.1) is 5.88 Å². The van der Waals surface area contributed by atoms with E-state index >= 15 is 0 Å². The second kappa shape index (κ2) is 5.73. The molecule has 0 spiro atoms. The van der Waals surface area contributed by atoms with Crippen molar-refractivity contribution in [3.8, 4) is 0 Å². The van der Waals surface area contributed by atoms with Gasteiger partial charge in [-0.25, -0.2) is 4.39 Å². The maximum atomic E-state index is 13.2. The third kappa shape index (κ3) is 4.95. The van der Waals surface area contributed by atoms with Crippen molar-refractivity contribution in [2.24, 2.45) is 0 Å². The van der Waals surface area contributed by atoms with Gasteiger partial charge in [-0.15, -0.1) is 11.6 Å². The summed E-state index contributed by atoms with van der Waals surface area (Å²) in [4.78, 5) is 10.8. The van der Waals surface area contributed by atoms with E-state index in [2.05, 4.69) is 0 Å². The van der Waals surface area contributed by atoms with Crippen molar-refractivity contribution in [3.63, 3.8) is 0 Å². The van der Waals surface area contributed by atoms with Gasteiger partial charge in [-0.2, -0.15) is 13.2 Å². The number of rotatable bonds is 4. The van der Waals surface area contributed by atoms with Crippen LogP contribution in [0.1, 0.15) is 5.56 Å². The number of carbonyl (C=O) groups is 1. The minimum Gasteiger partial charge on any atom is -0.298 e. The minimum atomic E-state index is -4.44. The lowest BCUT2D eigenvalue weighted by molar-refractivity contribution is -0.116. The first-order chi connectivity index (χ1) is 7.81. The molecule has 1 nitrogen and oxygen atoms in total. The molecule has 0 unspecified atom stereocenters. The quantitative estimate of drug-likeness (QED) is 0.476. The molecule has 0 fully saturated rings. The molecule has 7 heteroatoms. The van der Waals surface area contributed by atoms with Crippen LogP contribution >= 0.6 is 23.4 Å². The van der Waals surface area contributed by atoms with Crippen LogP contribution in [-0.4, -0.2) is 17.2 Å². The highest BCUT2D eigenvalue weighted by Crippen LogP contribution is 2.37. The number of thioether (sulfide) groups is 1. The molecule has 0 N–H and O–H groups in total. The van der Waals surface area contributed by atoms with E-state index in [9.17, 15) is 22.4 Å². The van der Waals surface area contributed by atoms with Gasteiger partial charge >= 0.3 is 5.51 Å². The lowest BCUT2D eigenvalue weighted by Gasteiger charge is -2.07. The molecule has 17 heavy (non-hydrogen) atoms. The molecule has 1 aromatic carbocycles. The van der Waals surface area contributed by atoms with E-state index in [1.54, 1.807) is 0 Å². The van der Waals surface area contributed by atoms with Crippen LogP contribution < -0.4 is 0 Å². The van der Waals surface area contributed by atoms with Crippen molar-refractivity contribution in [1.29, 1.82) is 0 Å². The Kier molecular flexibility index (Phi) is 4.82. The Labute approximate surface area is 104 Å². The fourth-order valence-corrected chi connectivity index (χ4v) is 1.84. The molecule has 94 valence electrons. The van der Waals surface area contributed by atoms with Crippen LogP contribution in [0.25, 0.3) is 0 Å². The van der Waals surface area contributed by atoms with Gasteiger partial charge < -0.3 is 0 Å². The predicted molar refractivity (Wildman–Crippen MR) is 57.7 cm³/mol. The number of benzene rings is 1. The van der Waals surface area contributed by atoms with E-state index in [4.69, 9.17) is 11.6 Å². The molecular weight excluding hydrogens is 280 g/mol. The zero-order valence-corrected chi connectivity index (χ0v) is 9.93. The summed E-state index contributed by atoms with van der Waals surface area (Å²) in [5.41, 5.74) is -4.52. The summed E-state index contributed by atoms with van der Waals surface area (Å²) in [5.74, 6) is -1.45. The molecule has 0 bridgehead atoms. The standard InChI is InChI=1S/C10H7ClF4OS/c11-5-7(16)3-6-4-8(1-2-9(6)12)17-10(13,14)15/h1-2,4H,3,5H2. The number of hydrogen-bond donors (Lipinski definition) is 0. The van der Waals surface area contributed by atoms with E-state index in [0.29, 0.717) is 0 Å². The van der Waals surface area contributed by atoms with E-state index in [0.717, 1.165) is 18.2 Å². The molecule has 0 aliphatic heterocycles. The molecule has 0 heterocycles. The average Bonchev–Trinajstić information content (AvgIpc) is 2.20. The van der Waals surface area contributed by atoms with Gasteiger partial charge in [0, 0.05) is 11.3 Å². The fourth-order valence-electron chi connectivity index (χ4n) is 1.14. The summed E-state index contributed by atoms with van der Waals surface area (Å²) < 4.78 is 49.5. The van der Waals surface area contributed by atoms with Crippen LogP contribution in [-0.2, 0) is 11.2 Å². The smallest absolute Gasteiger partial charge is 0.298 e. The van der Waals surface area contributed by atoms with Crippen molar-refractivity contribution < 1.29 is 22.4 Å². The molecule has 0 aliphatic rings. The van der Waals surface area contributed by atoms with Gasteiger partial charge in [-0.05, 0) is 35.5 Å². The second-order valence-electron chi connectivity index (χ2n) is 3.15. The first kappa shape index (κ1) is 14.3. The molecule has 0 saturated heterocycles. The third-order valence-electron chi connectivity index (χ3n) is 1.79. The summed E-state index contributed by atoms with van der Waals surface area (Å²) in [6.45, 7) is 0. The number of hydrogen-bond acceptors (Lipinski definition) is 2. The summed E-state index contributed by atoms with van der Waals surface area (Å²) >= 11 is 4.89. The molecule has 0 aliphatic carbocycles. The number of ketones is 1. The second-order valence-corrected chi connectivity index (χ2v) is 4.56. The summed E-state index contributed by atoms with van der Waals surface area (Å²) in [5, 5.41) is 0. The fraction of sp³-hybridized carbons (Fsp3) is 0.300. The van der Waals surface area contributed by atoms with Crippen molar-refractivity contribution >= 4 is 29.1 Å². The molecule has 0 radical (unpaired) electrons. The van der Waals surface area contributed by atoms with Crippen LogP contribution in [0.4, 0.5) is 17.6 Å². The summed E-state index contributed by atoms with van der Waals surface area (Å²) in [6, 6.07) is 2.94. The predicted octanol–water partition coefficient (Wildman–Crippen LogP) is 3.79. The van der Waals surface area contributed by atoms with Gasteiger partial charge in [0.1, 0.15) is 5.82 Å². The first-order valence-corrected chi connectivity index (χ1v) is 5.79. The number of carbonyl (C=O) groups excluding carboxylic acids is 1. The molecule has 0 atom stereocenters. The van der Waals surface area contributed by atoms with Gasteiger partial charge in [-0.1, -0.05) is 0 Å². The maximum Gasteiger partial charge on any atom is 0.446 e. The highest BCUT2D eigenvalue weighted by molar-refractivity contribution is 8.00. The van der Waals surface area contributed by atoms with E-state index in [1.807, 2.05) is 0 Å². The molecule has 1 aromatic rings. The van der Waals surface area contributed by atoms with Crippen LogP contribution in [0.2, 0.25) is 0 Å². The van der Waals surface area contributed by atoms with Crippen LogP contribution in [0, 0.1) is 5.82 Å². The van der Waals surface area contributed by atoms with Crippen LogP contribution in [0.3, 0.4) is 0 Å². The molecule has 0 saturated carbocycles. The number of alkyl halides is 4. The highest BCUT2D eigenvalue weighted by atomic mass is 35.5. The van der Waals surface area contributed by atoms with E-state index < -0.39 is 17.1 Å². The van der Waals surface area contributed by atoms with Gasteiger partial charge in [0.15, 0.2) is 5.78 Å². The normalized spacial score (nSPS) is 11.6. The lowest BCUT2D eigenvalue weighted by atomic mass is 10.1. The molecule has 0 aromatic heterocycles. The Balaban J connectivity index is 2.90. The van der Waals surface area contributed by atoms with Crippen molar-refractivity contribution in [1.82, 2.24) is 0 Å². The summed E-state index contributed by atoms with van der Waals surface area (Å²) in [6.07, 6.45) is -0.304. The largest absolute Gasteiger partial charge is 0.446 e. The number of Topliss-reactive ketones (excluding diaryl/α,β-unsaturated/α-hetero) is 1. The van der Waals surface area contributed by atoms with Crippen LogP contribution in [0.5, 0.6) is 0 Å². The van der Waals surface area contributed by atoms with Crippen molar-refractivity contribution in [3.05, 3.63) is 29.6 Å². The average molecular weight is 287 g/mol. The molecule has 0 amide bonds. The minimum absolute atomic E-state index is 0.0788.